The van der Waals surface area contributed by atoms with E-state index < -0.39 is 11.5 Å². The Labute approximate surface area is 137 Å². The number of ether oxygens (including phenoxy) is 1. The third-order valence-corrected chi connectivity index (χ3v) is 4.09. The molecule has 2 heterocycles. The Morgan fingerprint density at radius 2 is 1.87 bits per heavy atom. The van der Waals surface area contributed by atoms with Crippen LogP contribution >= 0.6 is 0 Å². The Kier molecular flexibility index (Phi) is 5.49. The fourth-order valence-electron chi connectivity index (χ4n) is 2.86. The quantitative estimate of drug-likeness (QED) is 0.742. The third-order valence-electron chi connectivity index (χ3n) is 4.09. The molecular formula is C16H27N3O4. The van der Waals surface area contributed by atoms with Gasteiger partial charge < -0.3 is 20.3 Å². The number of hydrogen-bond acceptors (Lipinski definition) is 4. The topological polar surface area (TPSA) is 87.7 Å². The number of nitrogens with zero attached hydrogens (tertiary/aromatic N) is 1. The second-order valence-corrected chi connectivity index (χ2v) is 7.24. The van der Waals surface area contributed by atoms with E-state index in [-0.39, 0.29) is 23.9 Å². The summed E-state index contributed by atoms with van der Waals surface area (Å²) in [6.45, 7) is 7.28. The Bertz CT molecular complexity index is 464. The maximum atomic E-state index is 12.2. The molecule has 0 radical (unpaired) electrons. The van der Waals surface area contributed by atoms with Crippen molar-refractivity contribution in [1.29, 1.82) is 0 Å². The molecule has 0 bridgehead atoms. The maximum absolute atomic E-state index is 12.2. The summed E-state index contributed by atoms with van der Waals surface area (Å²) < 4.78 is 5.35. The fourth-order valence-corrected chi connectivity index (χ4v) is 2.86. The molecule has 0 aliphatic carbocycles. The second kappa shape index (κ2) is 7.19. The van der Waals surface area contributed by atoms with E-state index in [1.54, 1.807) is 4.90 Å². The Balaban J connectivity index is 1.77. The first-order valence-corrected chi connectivity index (χ1v) is 8.32. The van der Waals surface area contributed by atoms with Crippen molar-refractivity contribution >= 4 is 17.9 Å². The number of carbonyl (C=O) groups is 3. The van der Waals surface area contributed by atoms with Crippen molar-refractivity contribution in [1.82, 2.24) is 15.5 Å². The summed E-state index contributed by atoms with van der Waals surface area (Å²) >= 11 is 0. The predicted octanol–water partition coefficient (Wildman–Crippen LogP) is 1.03. The van der Waals surface area contributed by atoms with Crippen LogP contribution in [0.15, 0.2) is 0 Å². The van der Waals surface area contributed by atoms with E-state index in [0.717, 1.165) is 6.42 Å². The van der Waals surface area contributed by atoms with Gasteiger partial charge >= 0.3 is 6.09 Å². The molecule has 7 nitrogen and oxygen atoms in total. The number of hydrogen-bond donors (Lipinski definition) is 2. The van der Waals surface area contributed by atoms with Crippen molar-refractivity contribution in [3.63, 3.8) is 0 Å². The molecule has 1 unspecified atom stereocenters. The van der Waals surface area contributed by atoms with Crippen LogP contribution < -0.4 is 10.6 Å². The first-order chi connectivity index (χ1) is 10.8. The molecule has 2 saturated heterocycles. The maximum Gasteiger partial charge on any atom is 0.410 e. The smallest absolute Gasteiger partial charge is 0.410 e. The van der Waals surface area contributed by atoms with Crippen LogP contribution in [0.1, 0.15) is 46.5 Å². The summed E-state index contributed by atoms with van der Waals surface area (Å²) in [4.78, 5) is 37.6. The number of amides is 3. The average molecular weight is 325 g/mol. The van der Waals surface area contributed by atoms with Crippen molar-refractivity contribution in [2.75, 3.05) is 19.6 Å². The third kappa shape index (κ3) is 5.11. The molecule has 7 heteroatoms. The van der Waals surface area contributed by atoms with Crippen molar-refractivity contribution in [2.24, 2.45) is 5.92 Å². The Hall–Kier alpha value is -1.79. The van der Waals surface area contributed by atoms with Gasteiger partial charge in [-0.2, -0.15) is 0 Å². The highest BCUT2D eigenvalue weighted by Gasteiger charge is 2.32. The molecule has 23 heavy (non-hydrogen) atoms. The van der Waals surface area contributed by atoms with Crippen LogP contribution in [-0.2, 0) is 14.3 Å². The molecule has 0 saturated carbocycles. The molecule has 2 N–H and O–H groups in total. The van der Waals surface area contributed by atoms with Gasteiger partial charge in [0.25, 0.3) is 0 Å². The first-order valence-electron chi connectivity index (χ1n) is 8.32. The second-order valence-electron chi connectivity index (χ2n) is 7.24. The zero-order chi connectivity index (χ0) is 17.0. The summed E-state index contributed by atoms with van der Waals surface area (Å²) in [5, 5.41) is 5.67. The Morgan fingerprint density at radius 3 is 2.43 bits per heavy atom. The lowest BCUT2D eigenvalue weighted by atomic mass is 9.96. The van der Waals surface area contributed by atoms with Gasteiger partial charge in [-0.1, -0.05) is 0 Å². The lowest BCUT2D eigenvalue weighted by molar-refractivity contribution is -0.137. The largest absolute Gasteiger partial charge is 0.444 e. The molecule has 0 aromatic carbocycles. The van der Waals surface area contributed by atoms with E-state index in [9.17, 15) is 14.4 Å². The van der Waals surface area contributed by atoms with E-state index in [1.807, 2.05) is 20.8 Å². The molecule has 0 aromatic rings. The normalized spacial score (nSPS) is 23.2. The zero-order valence-electron chi connectivity index (χ0n) is 14.2. The monoisotopic (exact) mass is 325 g/mol. The van der Waals surface area contributed by atoms with Gasteiger partial charge in [0.15, 0.2) is 0 Å². The summed E-state index contributed by atoms with van der Waals surface area (Å²) in [6, 6.07) is 0.0101. The fraction of sp³-hybridized carbons (Fsp3) is 0.812. The van der Waals surface area contributed by atoms with Crippen LogP contribution in [0, 0.1) is 5.92 Å². The van der Waals surface area contributed by atoms with Gasteiger partial charge in [0.1, 0.15) is 11.5 Å². The van der Waals surface area contributed by atoms with Gasteiger partial charge in [-0.15, -0.1) is 0 Å². The summed E-state index contributed by atoms with van der Waals surface area (Å²) in [5.41, 5.74) is -0.503. The highest BCUT2D eigenvalue weighted by atomic mass is 16.6. The number of rotatable bonds is 2. The average Bonchev–Trinajstić information content (AvgIpc) is 2.46. The standard InChI is InChI=1S/C16H27N3O4/c1-16(2,3)23-15(22)19-9-6-11(7-10-19)18-14(21)12-5-4-8-17-13(12)20/h11-12H,4-10H2,1-3H3,(H,17,20)(H,18,21). The molecule has 2 rings (SSSR count). The summed E-state index contributed by atoms with van der Waals surface area (Å²) in [6.07, 6.45) is 2.49. The lowest BCUT2D eigenvalue weighted by Gasteiger charge is -2.34. The van der Waals surface area contributed by atoms with E-state index in [4.69, 9.17) is 4.74 Å². The molecule has 2 aliphatic heterocycles. The van der Waals surface area contributed by atoms with Crippen molar-refractivity contribution in [2.45, 2.75) is 58.1 Å². The van der Waals surface area contributed by atoms with Gasteiger partial charge in [0.2, 0.25) is 11.8 Å². The number of likely N-dealkylation sites (tertiary alicyclic amines) is 1. The van der Waals surface area contributed by atoms with Gasteiger partial charge in [0.05, 0.1) is 0 Å². The molecular weight excluding hydrogens is 298 g/mol. The summed E-state index contributed by atoms with van der Waals surface area (Å²) in [5.74, 6) is -0.953. The van der Waals surface area contributed by atoms with E-state index >= 15 is 0 Å². The zero-order valence-corrected chi connectivity index (χ0v) is 14.2. The van der Waals surface area contributed by atoms with Crippen molar-refractivity contribution in [3.8, 4) is 0 Å². The Morgan fingerprint density at radius 1 is 1.22 bits per heavy atom. The van der Waals surface area contributed by atoms with Gasteiger partial charge in [-0.3, -0.25) is 9.59 Å². The van der Waals surface area contributed by atoms with Crippen molar-refractivity contribution < 1.29 is 19.1 Å². The van der Waals surface area contributed by atoms with Gasteiger partial charge in [0, 0.05) is 25.7 Å². The highest BCUT2D eigenvalue weighted by molar-refractivity contribution is 6.00. The first kappa shape index (κ1) is 17.6. The molecule has 0 spiro atoms. The van der Waals surface area contributed by atoms with Gasteiger partial charge in [-0.25, -0.2) is 4.79 Å². The van der Waals surface area contributed by atoms with E-state index in [1.165, 1.54) is 0 Å². The minimum atomic E-state index is -0.576. The summed E-state index contributed by atoms with van der Waals surface area (Å²) in [7, 11) is 0. The van der Waals surface area contributed by atoms with E-state index in [0.29, 0.717) is 38.9 Å². The molecule has 3 amide bonds. The van der Waals surface area contributed by atoms with Crippen LogP contribution in [-0.4, -0.2) is 54.1 Å². The van der Waals surface area contributed by atoms with Crippen LogP contribution in [0.2, 0.25) is 0 Å². The molecule has 0 aromatic heterocycles. The molecule has 2 fully saturated rings. The minimum absolute atomic E-state index is 0.0101. The van der Waals surface area contributed by atoms with E-state index in [2.05, 4.69) is 10.6 Å². The SMILES string of the molecule is CC(C)(C)OC(=O)N1CCC(NC(=O)C2CCCNC2=O)CC1. The highest BCUT2D eigenvalue weighted by Crippen LogP contribution is 2.17. The number of carbonyl (C=O) groups excluding carboxylic acids is 3. The predicted molar refractivity (Wildman–Crippen MR) is 84.7 cm³/mol. The minimum Gasteiger partial charge on any atom is -0.444 e. The van der Waals surface area contributed by atoms with Crippen LogP contribution in [0.3, 0.4) is 0 Å². The number of nitrogens with one attached hydrogen (secondary N) is 2. The van der Waals surface area contributed by atoms with Crippen molar-refractivity contribution in [3.05, 3.63) is 0 Å². The van der Waals surface area contributed by atoms with Crippen LogP contribution in [0.25, 0.3) is 0 Å². The van der Waals surface area contributed by atoms with Crippen LogP contribution in [0.5, 0.6) is 0 Å². The molecule has 1 atom stereocenters. The number of piperidine rings is 2. The molecule has 2 aliphatic rings. The molecule has 130 valence electrons. The van der Waals surface area contributed by atoms with Crippen LogP contribution in [0.4, 0.5) is 4.79 Å². The van der Waals surface area contributed by atoms with Gasteiger partial charge in [-0.05, 0) is 46.5 Å². The lowest BCUT2D eigenvalue weighted by Crippen LogP contribution is -2.51.